The van der Waals surface area contributed by atoms with Crippen molar-refractivity contribution in [2.45, 2.75) is 13.8 Å². The van der Waals surface area contributed by atoms with Crippen molar-refractivity contribution < 1.29 is 58.8 Å². The largest absolute Gasteiger partial charge is 0.481 e. The summed E-state index contributed by atoms with van der Waals surface area (Å²) < 4.78 is 0. The van der Waals surface area contributed by atoms with Crippen LogP contribution in [0.2, 0.25) is 0 Å². The van der Waals surface area contributed by atoms with E-state index in [1.807, 2.05) is 0 Å². The second-order valence-electron chi connectivity index (χ2n) is 1.04. The molecule has 2 N–H and O–H groups in total. The van der Waals surface area contributed by atoms with Gasteiger partial charge in [0, 0.05) is 52.8 Å². The van der Waals surface area contributed by atoms with Gasteiger partial charge in [-0.05, 0) is 0 Å². The molecule has 0 aliphatic carbocycles. The van der Waals surface area contributed by atoms with Gasteiger partial charge in [-0.1, -0.05) is 0 Å². The van der Waals surface area contributed by atoms with Crippen LogP contribution in [-0.2, 0) is 48.5 Å². The third kappa shape index (κ3) is 4160. The molecule has 4 nitrogen and oxygen atoms in total. The number of hydrogen-bond donors (Lipinski definition) is 2. The first-order valence-corrected chi connectivity index (χ1v) is 3.86. The molecule has 2 radical (unpaired) electrons. The van der Waals surface area contributed by atoms with Gasteiger partial charge >= 0.3 is 0 Å². The predicted octanol–water partition coefficient (Wildman–Crippen LogP) is 3.39. The van der Waals surface area contributed by atoms with Crippen molar-refractivity contribution in [3.8, 4) is 0 Å². The van der Waals surface area contributed by atoms with E-state index in [9.17, 15) is 0 Å². The minimum atomic E-state index is -0.833. The maximum atomic E-state index is 9.00. The molecule has 0 spiro atoms. The Morgan fingerprint density at radius 3 is 0.611 bits per heavy atom. The van der Waals surface area contributed by atoms with Gasteiger partial charge in [-0.3, -0.25) is 9.59 Å². The minimum absolute atomic E-state index is 0. The Hall–Kier alpha value is -0.853. The first-order chi connectivity index (χ1) is 7.46. The van der Waals surface area contributed by atoms with Gasteiger partial charge in [0.25, 0.3) is 11.9 Å². The van der Waals surface area contributed by atoms with Crippen molar-refractivity contribution in [3.63, 3.8) is 0 Å². The van der Waals surface area contributed by atoms with E-state index >= 15 is 0 Å². The number of carboxylic acid groups (broad SMARTS) is 2. The first-order valence-electron chi connectivity index (χ1n) is 3.86. The smallest absolute Gasteiger partial charge is 0.300 e. The SMILES string of the molecule is C=C.C=C.C=C.C=C.CC(=O)O.CC(=O)O.[Rh].[Rh]. The summed E-state index contributed by atoms with van der Waals surface area (Å²) in [6, 6.07) is 0. The van der Waals surface area contributed by atoms with Crippen LogP contribution in [0.4, 0.5) is 0 Å². The molecule has 0 aromatic carbocycles. The summed E-state index contributed by atoms with van der Waals surface area (Å²) in [5.74, 6) is -1.67. The molecule has 6 heteroatoms. The van der Waals surface area contributed by atoms with Gasteiger partial charge in [0.15, 0.2) is 0 Å². The number of rotatable bonds is 0. The fourth-order valence-electron chi connectivity index (χ4n) is 0. The summed E-state index contributed by atoms with van der Waals surface area (Å²) in [5.41, 5.74) is 0. The molecule has 0 bridgehead atoms. The summed E-state index contributed by atoms with van der Waals surface area (Å²) in [5, 5.41) is 14.8. The molecule has 0 unspecified atom stereocenters. The molecule has 0 rings (SSSR count). The van der Waals surface area contributed by atoms with Gasteiger partial charge in [-0.25, -0.2) is 0 Å². The Morgan fingerprint density at radius 1 is 0.611 bits per heavy atom. The molecule has 0 fully saturated rings. The van der Waals surface area contributed by atoms with Crippen LogP contribution in [0.3, 0.4) is 0 Å². The van der Waals surface area contributed by atoms with E-state index in [0.717, 1.165) is 13.8 Å². The van der Waals surface area contributed by atoms with Crippen molar-refractivity contribution >= 4 is 11.9 Å². The van der Waals surface area contributed by atoms with Crippen LogP contribution >= 0.6 is 0 Å². The molecule has 0 heterocycles. The van der Waals surface area contributed by atoms with Gasteiger partial charge < -0.3 is 10.2 Å². The van der Waals surface area contributed by atoms with Crippen molar-refractivity contribution in [3.05, 3.63) is 52.6 Å². The maximum absolute atomic E-state index is 9.00. The van der Waals surface area contributed by atoms with Gasteiger partial charge in [0.2, 0.25) is 0 Å². The topological polar surface area (TPSA) is 74.6 Å². The fraction of sp³-hybridized carbons (Fsp3) is 0.167. The second-order valence-corrected chi connectivity index (χ2v) is 1.04. The molecule has 0 aliphatic heterocycles. The summed E-state index contributed by atoms with van der Waals surface area (Å²) >= 11 is 0. The molecular formula is C12H24O4Rh2. The van der Waals surface area contributed by atoms with E-state index < -0.39 is 11.9 Å². The van der Waals surface area contributed by atoms with E-state index in [1.165, 1.54) is 0 Å². The Kier molecular flexibility index (Phi) is 415. The van der Waals surface area contributed by atoms with Crippen molar-refractivity contribution in [1.82, 2.24) is 0 Å². The molecule has 0 aromatic heterocycles. The fourth-order valence-corrected chi connectivity index (χ4v) is 0. The molecule has 0 saturated heterocycles. The molecule has 0 atom stereocenters. The van der Waals surface area contributed by atoms with E-state index in [-0.39, 0.29) is 39.0 Å². The number of hydrogen-bond acceptors (Lipinski definition) is 2. The second kappa shape index (κ2) is 140. The van der Waals surface area contributed by atoms with Gasteiger partial charge in [-0.2, -0.15) is 0 Å². The number of carbonyl (C=O) groups is 2. The average molecular weight is 438 g/mol. The van der Waals surface area contributed by atoms with Crippen LogP contribution in [0.1, 0.15) is 13.8 Å². The molecular weight excluding hydrogens is 414 g/mol. The van der Waals surface area contributed by atoms with Crippen LogP contribution in [-0.4, -0.2) is 22.2 Å². The standard InChI is InChI=1S/2C2H4O2.4C2H4.2Rh/c2*1-2(3)4;4*1-2;;/h2*1H3,(H,3,4);4*1-2H2;;. The van der Waals surface area contributed by atoms with E-state index in [0.29, 0.717) is 0 Å². The predicted molar refractivity (Wildman–Crippen MR) is 71.6 cm³/mol. The molecule has 0 aliphatic rings. The zero-order chi connectivity index (χ0) is 15.2. The van der Waals surface area contributed by atoms with Crippen LogP contribution < -0.4 is 0 Å². The molecule has 0 saturated carbocycles. The van der Waals surface area contributed by atoms with Crippen molar-refractivity contribution in [1.29, 1.82) is 0 Å². The molecule has 18 heavy (non-hydrogen) atoms. The van der Waals surface area contributed by atoms with Crippen LogP contribution in [0.15, 0.2) is 52.6 Å². The van der Waals surface area contributed by atoms with Gasteiger partial charge in [0.1, 0.15) is 0 Å². The Morgan fingerprint density at radius 2 is 0.611 bits per heavy atom. The molecule has 114 valence electrons. The minimum Gasteiger partial charge on any atom is -0.481 e. The van der Waals surface area contributed by atoms with Crippen molar-refractivity contribution in [2.75, 3.05) is 0 Å². The number of carboxylic acids is 2. The zero-order valence-corrected chi connectivity index (χ0v) is 14.3. The van der Waals surface area contributed by atoms with Crippen LogP contribution in [0, 0.1) is 0 Å². The summed E-state index contributed by atoms with van der Waals surface area (Å²) in [6.45, 7) is 26.2. The van der Waals surface area contributed by atoms with E-state index in [1.54, 1.807) is 0 Å². The summed E-state index contributed by atoms with van der Waals surface area (Å²) in [6.07, 6.45) is 0. The van der Waals surface area contributed by atoms with Crippen LogP contribution in [0.5, 0.6) is 0 Å². The maximum Gasteiger partial charge on any atom is 0.300 e. The Bertz CT molecular complexity index is 114. The zero-order valence-electron chi connectivity index (χ0n) is 11.0. The van der Waals surface area contributed by atoms with E-state index in [2.05, 4.69) is 52.6 Å². The van der Waals surface area contributed by atoms with Gasteiger partial charge in [0.05, 0.1) is 0 Å². The van der Waals surface area contributed by atoms with E-state index in [4.69, 9.17) is 19.8 Å². The molecule has 0 amide bonds. The summed E-state index contributed by atoms with van der Waals surface area (Å²) in [7, 11) is 0. The third-order valence-electron chi connectivity index (χ3n) is 0. The monoisotopic (exact) mass is 438 g/mol. The van der Waals surface area contributed by atoms with Crippen molar-refractivity contribution in [2.24, 2.45) is 0 Å². The average Bonchev–Trinajstić information content (AvgIpc) is 2.27. The van der Waals surface area contributed by atoms with Gasteiger partial charge in [-0.15, -0.1) is 52.6 Å². The Balaban J connectivity index is -0.0000000113. The normalized spacial score (nSPS) is 3.67. The number of aliphatic carboxylic acids is 2. The Labute approximate surface area is 137 Å². The quantitative estimate of drug-likeness (QED) is 0.450. The molecule has 0 aromatic rings. The van der Waals surface area contributed by atoms with Crippen LogP contribution in [0.25, 0.3) is 0 Å². The third-order valence-corrected chi connectivity index (χ3v) is 0. The first kappa shape index (κ1) is 53.4. The summed E-state index contributed by atoms with van der Waals surface area (Å²) in [4.78, 5) is 18.0.